The van der Waals surface area contributed by atoms with Gasteiger partial charge in [0, 0.05) is 21.2 Å². The molecule has 0 bridgehead atoms. The van der Waals surface area contributed by atoms with Gasteiger partial charge in [-0.25, -0.2) is 0 Å². The minimum atomic E-state index is -0.410. The van der Waals surface area contributed by atoms with Crippen LogP contribution in [-0.4, -0.2) is 22.6 Å². The Hall–Kier alpha value is -2.91. The molecule has 0 unspecified atom stereocenters. The number of benzene rings is 3. The number of nitrogens with zero attached hydrogens (tertiary/aromatic N) is 1. The normalized spacial score (nSPS) is 15.0. The van der Waals surface area contributed by atoms with Gasteiger partial charge in [-0.1, -0.05) is 65.5 Å². The smallest absolute Gasteiger partial charge is 0.294 e. The van der Waals surface area contributed by atoms with Crippen molar-refractivity contribution in [1.29, 1.82) is 0 Å². The molecule has 2 amide bonds. The van der Waals surface area contributed by atoms with Gasteiger partial charge in [-0.15, -0.1) is 6.42 Å². The number of thioether (sulfide) groups is 1. The van der Waals surface area contributed by atoms with E-state index in [-0.39, 0.29) is 18.4 Å². The minimum Gasteiger partial charge on any atom is -0.488 e. The van der Waals surface area contributed by atoms with Crippen LogP contribution in [0.25, 0.3) is 16.8 Å². The molecule has 3 aromatic rings. The molecular weight excluding hydrogens is 453 g/mol. The van der Waals surface area contributed by atoms with E-state index >= 15 is 0 Å². The maximum Gasteiger partial charge on any atom is 0.294 e. The molecule has 0 spiro atoms. The number of carbonyl (C=O) groups is 2. The Labute approximate surface area is 193 Å². The van der Waals surface area contributed by atoms with Crippen LogP contribution in [0.3, 0.4) is 0 Å². The predicted octanol–water partition coefficient (Wildman–Crippen LogP) is 6.40. The summed E-state index contributed by atoms with van der Waals surface area (Å²) in [5.74, 6) is 2.49. The molecule has 4 nitrogen and oxygen atoms in total. The van der Waals surface area contributed by atoms with Gasteiger partial charge in [-0.3, -0.25) is 14.5 Å². The van der Waals surface area contributed by atoms with Crippen LogP contribution in [0.15, 0.2) is 59.5 Å². The van der Waals surface area contributed by atoms with Crippen molar-refractivity contribution >= 4 is 63.0 Å². The average molecular weight is 468 g/mol. The van der Waals surface area contributed by atoms with Crippen LogP contribution in [0.1, 0.15) is 11.1 Å². The predicted molar refractivity (Wildman–Crippen MR) is 126 cm³/mol. The quantitative estimate of drug-likeness (QED) is 0.321. The summed E-state index contributed by atoms with van der Waals surface area (Å²) < 4.78 is 6.08. The lowest BCUT2D eigenvalue weighted by Gasteiger charge is -2.13. The molecule has 7 heteroatoms. The van der Waals surface area contributed by atoms with Crippen LogP contribution in [-0.2, 0) is 11.4 Å². The van der Waals surface area contributed by atoms with Crippen LogP contribution < -0.4 is 4.74 Å². The van der Waals surface area contributed by atoms with Crippen molar-refractivity contribution < 1.29 is 14.3 Å². The summed E-state index contributed by atoms with van der Waals surface area (Å²) in [7, 11) is 0. The Kier molecular flexibility index (Phi) is 6.24. The molecule has 0 aliphatic carbocycles. The zero-order valence-electron chi connectivity index (χ0n) is 16.1. The van der Waals surface area contributed by atoms with Crippen LogP contribution in [0.4, 0.5) is 4.79 Å². The number of fused-ring (bicyclic) bond motifs is 1. The van der Waals surface area contributed by atoms with E-state index in [9.17, 15) is 9.59 Å². The van der Waals surface area contributed by atoms with E-state index in [0.717, 1.165) is 33.0 Å². The molecule has 1 aliphatic heterocycles. The number of carbonyl (C=O) groups excluding carboxylic acids is 2. The maximum absolute atomic E-state index is 12.7. The van der Waals surface area contributed by atoms with Crippen molar-refractivity contribution in [3.63, 3.8) is 0 Å². The van der Waals surface area contributed by atoms with Gasteiger partial charge >= 0.3 is 0 Å². The number of hydrogen-bond acceptors (Lipinski definition) is 4. The topological polar surface area (TPSA) is 46.6 Å². The molecule has 154 valence electrons. The third-order valence-electron chi connectivity index (χ3n) is 4.73. The van der Waals surface area contributed by atoms with Gasteiger partial charge in [0.1, 0.15) is 12.4 Å². The molecular formula is C24H15Cl2NO3S. The van der Waals surface area contributed by atoms with Gasteiger partial charge in [0.15, 0.2) is 0 Å². The van der Waals surface area contributed by atoms with Gasteiger partial charge < -0.3 is 4.74 Å². The van der Waals surface area contributed by atoms with Crippen molar-refractivity contribution in [2.24, 2.45) is 0 Å². The third-order valence-corrected chi connectivity index (χ3v) is 6.22. The molecule has 4 rings (SSSR count). The minimum absolute atomic E-state index is 0.0596. The SMILES string of the molecule is C#CCN1C(=O)S/C(=C/c2c(OCc3ccc(Cl)cc3Cl)ccc3ccccc23)C1=O. The fraction of sp³-hybridized carbons (Fsp3) is 0.0833. The number of terminal acetylenes is 1. The average Bonchev–Trinajstić information content (AvgIpc) is 3.02. The lowest BCUT2D eigenvalue weighted by Crippen LogP contribution is -2.28. The second-order valence-corrected chi connectivity index (χ2v) is 8.53. The van der Waals surface area contributed by atoms with E-state index < -0.39 is 5.91 Å². The zero-order valence-corrected chi connectivity index (χ0v) is 18.4. The highest BCUT2D eigenvalue weighted by Gasteiger charge is 2.34. The maximum atomic E-state index is 12.7. The number of ether oxygens (including phenoxy) is 1. The second-order valence-electron chi connectivity index (χ2n) is 6.69. The number of hydrogen-bond donors (Lipinski definition) is 0. The standard InChI is InChI=1S/C24H15Cl2NO3S/c1-2-11-27-23(28)22(31-24(27)29)13-19-18-6-4-3-5-15(18)8-10-21(19)30-14-16-7-9-17(25)12-20(16)26/h1,3-10,12-13H,11,14H2/b22-13+. The molecule has 0 N–H and O–H groups in total. The van der Waals surface area contributed by atoms with Crippen molar-refractivity contribution in [2.75, 3.05) is 6.54 Å². The molecule has 1 aliphatic rings. The van der Waals surface area contributed by atoms with Crippen LogP contribution in [0.5, 0.6) is 5.75 Å². The molecule has 1 fully saturated rings. The van der Waals surface area contributed by atoms with E-state index in [0.29, 0.717) is 26.3 Å². The van der Waals surface area contributed by atoms with Crippen LogP contribution >= 0.6 is 35.0 Å². The van der Waals surface area contributed by atoms with E-state index in [2.05, 4.69) is 5.92 Å². The third kappa shape index (κ3) is 4.42. The van der Waals surface area contributed by atoms with Crippen molar-refractivity contribution in [3.05, 3.63) is 80.7 Å². The van der Waals surface area contributed by atoms with E-state index in [1.54, 1.807) is 24.3 Å². The van der Waals surface area contributed by atoms with Crippen LogP contribution in [0, 0.1) is 12.3 Å². The van der Waals surface area contributed by atoms with Gasteiger partial charge in [-0.05, 0) is 46.8 Å². The van der Waals surface area contributed by atoms with E-state index in [1.165, 1.54) is 0 Å². The first-order chi connectivity index (χ1) is 15.0. The summed E-state index contributed by atoms with van der Waals surface area (Å²) >= 11 is 13.1. The highest BCUT2D eigenvalue weighted by Crippen LogP contribution is 2.37. The summed E-state index contributed by atoms with van der Waals surface area (Å²) in [5, 5.41) is 2.54. The summed E-state index contributed by atoms with van der Waals surface area (Å²) in [6, 6.07) is 16.7. The van der Waals surface area contributed by atoms with Crippen LogP contribution in [0.2, 0.25) is 10.0 Å². The molecule has 0 saturated carbocycles. The fourth-order valence-corrected chi connectivity index (χ4v) is 4.49. The molecule has 0 atom stereocenters. The monoisotopic (exact) mass is 467 g/mol. The van der Waals surface area contributed by atoms with E-state index in [1.807, 2.05) is 36.4 Å². The molecule has 0 aromatic heterocycles. The number of imide groups is 1. The van der Waals surface area contributed by atoms with Crippen molar-refractivity contribution in [3.8, 4) is 18.1 Å². The summed E-state index contributed by atoms with van der Waals surface area (Å²) in [4.78, 5) is 26.2. The first kappa shape index (κ1) is 21.3. The van der Waals surface area contributed by atoms with Crippen molar-refractivity contribution in [1.82, 2.24) is 4.90 Å². The summed E-state index contributed by atoms with van der Waals surface area (Å²) in [5.41, 5.74) is 1.48. The second kappa shape index (κ2) is 9.07. The fourth-order valence-electron chi connectivity index (χ4n) is 3.20. The number of amides is 2. The zero-order chi connectivity index (χ0) is 22.0. The number of rotatable bonds is 5. The first-order valence-electron chi connectivity index (χ1n) is 9.25. The molecule has 1 heterocycles. The van der Waals surface area contributed by atoms with E-state index in [4.69, 9.17) is 34.4 Å². The Morgan fingerprint density at radius 2 is 1.90 bits per heavy atom. The van der Waals surface area contributed by atoms with Gasteiger partial charge in [0.25, 0.3) is 11.1 Å². The van der Waals surface area contributed by atoms with Gasteiger partial charge in [-0.2, -0.15) is 0 Å². The first-order valence-corrected chi connectivity index (χ1v) is 10.8. The molecule has 1 saturated heterocycles. The highest BCUT2D eigenvalue weighted by atomic mass is 35.5. The molecule has 3 aromatic carbocycles. The molecule has 0 radical (unpaired) electrons. The Bertz CT molecular complexity index is 1280. The Morgan fingerprint density at radius 1 is 1.10 bits per heavy atom. The highest BCUT2D eigenvalue weighted by molar-refractivity contribution is 8.18. The Morgan fingerprint density at radius 3 is 2.68 bits per heavy atom. The van der Waals surface area contributed by atoms with Crippen molar-refractivity contribution in [2.45, 2.75) is 6.61 Å². The largest absolute Gasteiger partial charge is 0.488 e. The van der Waals surface area contributed by atoms with Gasteiger partial charge in [0.05, 0.1) is 11.4 Å². The summed E-state index contributed by atoms with van der Waals surface area (Å²) in [6.07, 6.45) is 6.96. The lowest BCUT2D eigenvalue weighted by molar-refractivity contribution is -0.122. The molecule has 31 heavy (non-hydrogen) atoms. The summed E-state index contributed by atoms with van der Waals surface area (Å²) in [6.45, 7) is 0.156. The lowest BCUT2D eigenvalue weighted by atomic mass is 10.0. The van der Waals surface area contributed by atoms with Gasteiger partial charge in [0.2, 0.25) is 0 Å². The Balaban J connectivity index is 1.74. The number of halogens is 2.